The highest BCUT2D eigenvalue weighted by atomic mass is 16.5. The lowest BCUT2D eigenvalue weighted by atomic mass is 10.1. The number of benzene rings is 1. The summed E-state index contributed by atoms with van der Waals surface area (Å²) < 4.78 is 11.0. The van der Waals surface area contributed by atoms with Crippen molar-refractivity contribution in [2.24, 2.45) is 0 Å². The number of hydrogen-bond acceptors (Lipinski definition) is 3. The molecule has 0 amide bonds. The molecular formula is C24H35NO2. The summed E-state index contributed by atoms with van der Waals surface area (Å²) in [7, 11) is 1.68. The van der Waals surface area contributed by atoms with E-state index in [1.807, 2.05) is 36.5 Å². The van der Waals surface area contributed by atoms with Gasteiger partial charge in [0, 0.05) is 17.8 Å². The summed E-state index contributed by atoms with van der Waals surface area (Å²) >= 11 is 0. The highest BCUT2D eigenvalue weighted by molar-refractivity contribution is 5.63. The first-order chi connectivity index (χ1) is 13.3. The minimum absolute atomic E-state index is 0.711. The molecule has 0 saturated carbocycles. The van der Waals surface area contributed by atoms with Gasteiger partial charge in [-0.2, -0.15) is 0 Å². The van der Waals surface area contributed by atoms with Crippen LogP contribution in [0.2, 0.25) is 0 Å². The summed E-state index contributed by atoms with van der Waals surface area (Å²) in [6.07, 6.45) is 15.3. The van der Waals surface area contributed by atoms with E-state index in [4.69, 9.17) is 9.47 Å². The lowest BCUT2D eigenvalue weighted by Crippen LogP contribution is -1.99. The van der Waals surface area contributed by atoms with Crippen LogP contribution >= 0.6 is 0 Å². The second-order valence-corrected chi connectivity index (χ2v) is 7.14. The molecule has 0 bridgehead atoms. The zero-order chi connectivity index (χ0) is 19.2. The molecule has 0 fully saturated rings. The van der Waals surface area contributed by atoms with Gasteiger partial charge in [0.25, 0.3) is 0 Å². The number of rotatable bonds is 14. The number of nitrogens with zero attached hydrogens (tertiary/aromatic N) is 1. The van der Waals surface area contributed by atoms with Crippen LogP contribution in [0, 0.1) is 0 Å². The number of hydrogen-bond donors (Lipinski definition) is 0. The average Bonchev–Trinajstić information content (AvgIpc) is 2.72. The van der Waals surface area contributed by atoms with Crippen LogP contribution in [-0.4, -0.2) is 18.7 Å². The van der Waals surface area contributed by atoms with Crippen LogP contribution in [0.15, 0.2) is 42.6 Å². The van der Waals surface area contributed by atoms with Crippen molar-refractivity contribution in [2.45, 2.75) is 71.1 Å². The number of unbranched alkanes of at least 4 members (excludes halogenated alkanes) is 9. The van der Waals surface area contributed by atoms with E-state index in [1.165, 1.54) is 57.8 Å². The van der Waals surface area contributed by atoms with Gasteiger partial charge in [0.2, 0.25) is 5.88 Å². The highest BCUT2D eigenvalue weighted by Crippen LogP contribution is 2.23. The van der Waals surface area contributed by atoms with Gasteiger partial charge in [-0.3, -0.25) is 0 Å². The molecule has 0 saturated heterocycles. The predicted molar refractivity (Wildman–Crippen MR) is 114 cm³/mol. The molecule has 3 nitrogen and oxygen atoms in total. The molecule has 0 aliphatic heterocycles. The Bertz CT molecular complexity index is 607. The summed E-state index contributed by atoms with van der Waals surface area (Å²) in [6, 6.07) is 12.0. The minimum Gasteiger partial charge on any atom is -0.497 e. The molecule has 0 unspecified atom stereocenters. The van der Waals surface area contributed by atoms with Crippen LogP contribution in [-0.2, 0) is 0 Å². The number of aromatic nitrogens is 1. The smallest absolute Gasteiger partial charge is 0.213 e. The van der Waals surface area contributed by atoms with Crippen LogP contribution in [0.1, 0.15) is 71.1 Å². The first-order valence-corrected chi connectivity index (χ1v) is 10.6. The fourth-order valence-corrected chi connectivity index (χ4v) is 3.19. The van der Waals surface area contributed by atoms with Crippen LogP contribution in [0.4, 0.5) is 0 Å². The molecule has 148 valence electrons. The maximum atomic E-state index is 5.77. The van der Waals surface area contributed by atoms with Crippen LogP contribution in [0.25, 0.3) is 11.1 Å². The molecule has 3 heteroatoms. The molecule has 2 aromatic rings. The summed E-state index contributed by atoms with van der Waals surface area (Å²) in [5.74, 6) is 1.58. The van der Waals surface area contributed by atoms with Crippen molar-refractivity contribution in [2.75, 3.05) is 13.7 Å². The van der Waals surface area contributed by atoms with E-state index in [0.717, 1.165) is 29.9 Å². The fourth-order valence-electron chi connectivity index (χ4n) is 3.19. The fraction of sp³-hybridized carbons (Fsp3) is 0.542. The summed E-state index contributed by atoms with van der Waals surface area (Å²) in [5.41, 5.74) is 2.22. The van der Waals surface area contributed by atoms with Crippen LogP contribution in [0.5, 0.6) is 11.6 Å². The molecule has 0 aliphatic rings. The van der Waals surface area contributed by atoms with E-state index in [2.05, 4.69) is 18.0 Å². The third kappa shape index (κ3) is 8.47. The number of ether oxygens (including phenoxy) is 2. The van der Waals surface area contributed by atoms with Gasteiger partial charge in [0.1, 0.15) is 5.75 Å². The van der Waals surface area contributed by atoms with Crippen molar-refractivity contribution in [3.05, 3.63) is 42.6 Å². The molecule has 1 aromatic carbocycles. The maximum Gasteiger partial charge on any atom is 0.213 e. The average molecular weight is 370 g/mol. The van der Waals surface area contributed by atoms with Gasteiger partial charge in [-0.05, 0) is 30.2 Å². The normalized spacial score (nSPS) is 10.7. The molecule has 1 aromatic heterocycles. The largest absolute Gasteiger partial charge is 0.497 e. The Morgan fingerprint density at radius 1 is 0.704 bits per heavy atom. The van der Waals surface area contributed by atoms with Crippen molar-refractivity contribution >= 4 is 0 Å². The number of pyridine rings is 1. The molecule has 2 rings (SSSR count). The van der Waals surface area contributed by atoms with E-state index in [1.54, 1.807) is 7.11 Å². The maximum absolute atomic E-state index is 5.77. The van der Waals surface area contributed by atoms with Crippen molar-refractivity contribution in [1.82, 2.24) is 4.98 Å². The molecule has 0 aliphatic carbocycles. The SMILES string of the molecule is CCCCCCCCCCCCOc1ccc(-c2ccc(OC)cc2)cn1. The third-order valence-corrected chi connectivity index (χ3v) is 4.91. The predicted octanol–water partition coefficient (Wildman–Crippen LogP) is 7.06. The van der Waals surface area contributed by atoms with Crippen LogP contribution < -0.4 is 9.47 Å². The van der Waals surface area contributed by atoms with Crippen molar-refractivity contribution < 1.29 is 9.47 Å². The van der Waals surface area contributed by atoms with Gasteiger partial charge < -0.3 is 9.47 Å². The van der Waals surface area contributed by atoms with Gasteiger partial charge in [-0.1, -0.05) is 76.8 Å². The second kappa shape index (κ2) is 13.2. The van der Waals surface area contributed by atoms with Crippen molar-refractivity contribution in [1.29, 1.82) is 0 Å². The Balaban J connectivity index is 1.56. The number of methoxy groups -OCH3 is 1. The monoisotopic (exact) mass is 369 g/mol. The molecular weight excluding hydrogens is 334 g/mol. The molecule has 1 heterocycles. The quantitative estimate of drug-likeness (QED) is 0.334. The van der Waals surface area contributed by atoms with E-state index in [0.29, 0.717) is 5.88 Å². The Morgan fingerprint density at radius 2 is 1.30 bits per heavy atom. The Morgan fingerprint density at radius 3 is 1.85 bits per heavy atom. The third-order valence-electron chi connectivity index (χ3n) is 4.91. The van der Waals surface area contributed by atoms with E-state index >= 15 is 0 Å². The first kappa shape index (κ1) is 21.3. The molecule has 0 atom stereocenters. The highest BCUT2D eigenvalue weighted by Gasteiger charge is 2.01. The lowest BCUT2D eigenvalue weighted by Gasteiger charge is -2.07. The summed E-state index contributed by atoms with van der Waals surface area (Å²) in [5, 5.41) is 0. The van der Waals surface area contributed by atoms with Crippen molar-refractivity contribution in [3.8, 4) is 22.8 Å². The van der Waals surface area contributed by atoms with Gasteiger partial charge in [0.05, 0.1) is 13.7 Å². The minimum atomic E-state index is 0.711. The van der Waals surface area contributed by atoms with Gasteiger partial charge in [-0.25, -0.2) is 4.98 Å². The van der Waals surface area contributed by atoms with Gasteiger partial charge in [0.15, 0.2) is 0 Å². The van der Waals surface area contributed by atoms with E-state index < -0.39 is 0 Å². The van der Waals surface area contributed by atoms with E-state index in [9.17, 15) is 0 Å². The summed E-state index contributed by atoms with van der Waals surface area (Å²) in [4.78, 5) is 4.43. The second-order valence-electron chi connectivity index (χ2n) is 7.14. The lowest BCUT2D eigenvalue weighted by molar-refractivity contribution is 0.293. The van der Waals surface area contributed by atoms with Gasteiger partial charge >= 0.3 is 0 Å². The van der Waals surface area contributed by atoms with E-state index in [-0.39, 0.29) is 0 Å². The topological polar surface area (TPSA) is 31.4 Å². The Labute approximate surface area is 165 Å². The molecule has 27 heavy (non-hydrogen) atoms. The summed E-state index contributed by atoms with van der Waals surface area (Å²) in [6.45, 7) is 3.03. The standard InChI is InChI=1S/C24H35NO2/c1-3-4-5-6-7-8-9-10-11-12-19-27-24-18-15-22(20-25-24)21-13-16-23(26-2)17-14-21/h13-18,20H,3-12,19H2,1-2H3. The Hall–Kier alpha value is -2.03. The van der Waals surface area contributed by atoms with Crippen LogP contribution in [0.3, 0.4) is 0 Å². The zero-order valence-corrected chi connectivity index (χ0v) is 17.1. The van der Waals surface area contributed by atoms with Gasteiger partial charge in [-0.15, -0.1) is 0 Å². The molecule has 0 N–H and O–H groups in total. The first-order valence-electron chi connectivity index (χ1n) is 10.6. The van der Waals surface area contributed by atoms with Crippen molar-refractivity contribution in [3.63, 3.8) is 0 Å². The molecule has 0 radical (unpaired) electrons. The zero-order valence-electron chi connectivity index (χ0n) is 17.1. The Kier molecular flexibility index (Phi) is 10.4. The molecule has 0 spiro atoms.